The zero-order valence-corrected chi connectivity index (χ0v) is 40.2. The van der Waals surface area contributed by atoms with Gasteiger partial charge in [0.25, 0.3) is 0 Å². The monoisotopic (exact) mass is 1240 g/mol. The summed E-state index contributed by atoms with van der Waals surface area (Å²) in [5, 5.41) is 94.3. The number of nitrogens with one attached hydrogen (secondary N) is 2. The summed E-state index contributed by atoms with van der Waals surface area (Å²) in [6.45, 7) is -2.78. The van der Waals surface area contributed by atoms with Crippen LogP contribution < -0.4 is 9.44 Å². The quantitative estimate of drug-likeness (QED) is 0.00746. The third kappa shape index (κ3) is 22.8. The van der Waals surface area contributed by atoms with Crippen molar-refractivity contribution in [2.75, 3.05) is 13.2 Å². The summed E-state index contributed by atoms with van der Waals surface area (Å²) >= 11 is -1.51. The molecule has 3 aliphatic rings. The normalized spacial score (nSPS) is 32.0. The van der Waals surface area contributed by atoms with E-state index in [-0.39, 0.29) is 61.4 Å². The van der Waals surface area contributed by atoms with E-state index in [2.05, 4.69) is 74.0 Å². The molecule has 3 heterocycles. The van der Waals surface area contributed by atoms with E-state index in [1.165, 1.54) is 0 Å². The van der Waals surface area contributed by atoms with E-state index in [0.29, 0.717) is 0 Å². The highest BCUT2D eigenvalue weighted by molar-refractivity contribution is 7.93. The third-order valence-corrected chi connectivity index (χ3v) is 12.0. The minimum Gasteiger partial charge on any atom is -0.479 e. The van der Waals surface area contributed by atoms with Crippen molar-refractivity contribution in [3.8, 4) is 0 Å². The molecular formula is C18H32N2O42S9. The fourth-order valence-electron chi connectivity index (χ4n) is 5.68. The molecule has 0 bridgehead atoms. The highest BCUT2D eigenvalue weighted by atomic mass is 32.3. The van der Waals surface area contributed by atoms with Crippen LogP contribution in [0.5, 0.6) is 0 Å². The molecule has 0 spiro atoms. The second kappa shape index (κ2) is 33.3. The smallest absolute Gasteiger partial charge is 0.397 e. The molecule has 3 saturated heterocycles. The number of aliphatic carboxylic acids is 1. The Kier molecular flexibility index (Phi) is 30.6. The Labute approximate surface area is 418 Å². The van der Waals surface area contributed by atoms with Gasteiger partial charge in [0.1, 0.15) is 85.4 Å². The number of hydrogen-bond acceptors (Lipinski definition) is 46. The lowest BCUT2D eigenvalue weighted by Crippen LogP contribution is -2.69. The first kappa shape index (κ1) is 65.3. The lowest BCUT2D eigenvalue weighted by molar-refractivity contribution is -0.436. The van der Waals surface area contributed by atoms with Crippen LogP contribution in [-0.4, -0.2) is 192 Å². The van der Waals surface area contributed by atoms with Gasteiger partial charge in [-0.1, -0.05) is 30.2 Å². The van der Waals surface area contributed by atoms with Crippen molar-refractivity contribution in [2.45, 2.75) is 92.0 Å². The maximum absolute atomic E-state index is 13.1. The maximum Gasteiger partial charge on any atom is 0.397 e. The standard InChI is InChI=1S/C18H32N2O42S9/c21-15(22)13-11(44-17-6(20-64-58-52-25)10(48-67-61-55-28)8(46-65-59-53-26)4(42-17)2-40-70(33,34)35)12(49-68-62-56-29)14(50-71(36,37)38)18(45-13)43-7-3(1-39-69(30,31)32)41-16(23)5(19-63-57-51-24)9(7)47-66-60-54-27/h3-14,16-20,23-29H,1-2H2,(H,21,22)(H,30,31,32)(H,33,34,35)(H,36,37,38)/t3?,4?,5?,6?,7-,8-,9+,10+,11+,12-,13?,14?,16+,17-,18+/m0/s1. The Hall–Kier alpha value is -0.0200. The van der Waals surface area contributed by atoms with Crippen LogP contribution in [0.15, 0.2) is 0 Å². The van der Waals surface area contributed by atoms with Gasteiger partial charge in [-0.3, -0.25) is 30.4 Å². The Morgan fingerprint density at radius 1 is 0.493 bits per heavy atom. The molecule has 3 rings (SSSR count). The average Bonchev–Trinajstić information content (AvgIpc) is 3.28. The molecular weight excluding hydrogens is 1200 g/mol. The molecule has 44 nitrogen and oxygen atoms in total. The second-order valence-corrected chi connectivity index (χ2v) is 18.0. The number of carboxylic acids is 1. The zero-order valence-electron chi connectivity index (χ0n) is 32.8. The highest BCUT2D eigenvalue weighted by Gasteiger charge is 2.60. The SMILES string of the molecule is O=C(O)C1O[C@@H](O[C@H]2C(COS(=O)(=O)O)O[C@@H](O)C(NSOOO)[C@H]2OSOOO)C(OS(=O)(=O)O)[C@@H](OSOOO)[C@H]1O[C@@H]1OC(COS(=O)(=O)O)[C@H](OSOOO)[C@H](OSOOO)C1NSOOO. The van der Waals surface area contributed by atoms with Crippen LogP contribution in [0, 0.1) is 0 Å². The maximum atomic E-state index is 13.1. The zero-order chi connectivity index (χ0) is 52.8. The highest BCUT2D eigenvalue weighted by Crippen LogP contribution is 2.40. The van der Waals surface area contributed by atoms with Gasteiger partial charge in [0, 0.05) is 0 Å². The predicted molar refractivity (Wildman–Crippen MR) is 205 cm³/mol. The van der Waals surface area contributed by atoms with E-state index in [1.54, 1.807) is 0 Å². The van der Waals surface area contributed by atoms with Gasteiger partial charge in [0.15, 0.2) is 80.4 Å². The van der Waals surface area contributed by atoms with Crippen molar-refractivity contribution in [1.29, 1.82) is 0 Å². The Morgan fingerprint density at radius 2 is 0.915 bits per heavy atom. The first-order valence-electron chi connectivity index (χ1n) is 16.7. The number of carbonyl (C=O) groups is 1. The number of rotatable bonds is 37. The Balaban J connectivity index is 2.28. The van der Waals surface area contributed by atoms with Gasteiger partial charge in [-0.2, -0.15) is 25.3 Å². The van der Waals surface area contributed by atoms with Gasteiger partial charge in [0.05, 0.1) is 13.2 Å². The molecule has 71 heavy (non-hydrogen) atoms. The molecule has 15 atom stereocenters. The molecule has 13 N–H and O–H groups in total. The van der Waals surface area contributed by atoms with Gasteiger partial charge in [-0.15, -0.1) is 26.0 Å². The largest absolute Gasteiger partial charge is 0.479 e. The van der Waals surface area contributed by atoms with Gasteiger partial charge < -0.3 is 33.9 Å². The molecule has 0 radical (unpaired) electrons. The van der Waals surface area contributed by atoms with Crippen molar-refractivity contribution in [2.24, 2.45) is 0 Å². The summed E-state index contributed by atoms with van der Waals surface area (Å²) in [5.74, 6) is -2.18. The molecule has 0 saturated carbocycles. The molecule has 0 aromatic heterocycles. The van der Waals surface area contributed by atoms with Crippen molar-refractivity contribution in [1.82, 2.24) is 9.44 Å². The molecule has 3 aliphatic heterocycles. The molecule has 0 aromatic carbocycles. The Morgan fingerprint density at radius 3 is 1.37 bits per heavy atom. The molecule has 53 heteroatoms. The summed E-state index contributed by atoms with van der Waals surface area (Å²) in [5.41, 5.74) is 0. The van der Waals surface area contributed by atoms with Crippen LogP contribution in [0.1, 0.15) is 0 Å². The van der Waals surface area contributed by atoms with E-state index in [0.717, 1.165) is 0 Å². The van der Waals surface area contributed by atoms with E-state index >= 15 is 0 Å². The van der Waals surface area contributed by atoms with E-state index in [4.69, 9.17) is 76.1 Å². The average molecular weight is 1240 g/mol. The summed E-state index contributed by atoms with van der Waals surface area (Å²) in [6.07, 6.45) is -30.8. The number of ether oxygens (including phenoxy) is 5. The molecule has 420 valence electrons. The summed E-state index contributed by atoms with van der Waals surface area (Å²) in [6, 6.07) is -3.87. The predicted octanol–water partition coefficient (Wildman–Crippen LogP) is -2.80. The Bertz CT molecular complexity index is 1850. The third-order valence-electron chi connectivity index (χ3n) is 7.96. The van der Waals surface area contributed by atoms with Gasteiger partial charge in [-0.05, 0) is 0 Å². The number of aliphatic hydroxyl groups is 1. The molecule has 3 fully saturated rings. The van der Waals surface area contributed by atoms with E-state index in [9.17, 15) is 53.9 Å². The number of aliphatic hydroxyl groups excluding tert-OH is 1. The van der Waals surface area contributed by atoms with Gasteiger partial charge >= 0.3 is 37.2 Å². The van der Waals surface area contributed by atoms with E-state index in [1.807, 2.05) is 0 Å². The van der Waals surface area contributed by atoms with Crippen LogP contribution in [-0.2, 0) is 145 Å². The van der Waals surface area contributed by atoms with Gasteiger partial charge in [-0.25, -0.2) is 58.3 Å². The summed E-state index contributed by atoms with van der Waals surface area (Å²) in [7, 11) is -16.8. The van der Waals surface area contributed by atoms with Crippen molar-refractivity contribution in [3.63, 3.8) is 0 Å². The number of carboxylic acid groups (broad SMARTS) is 1. The minimum atomic E-state index is -5.94. The molecule has 0 aliphatic carbocycles. The van der Waals surface area contributed by atoms with Gasteiger partial charge in [0.2, 0.25) is 0 Å². The topological polar surface area (TPSA) is 588 Å². The van der Waals surface area contributed by atoms with Crippen LogP contribution >= 0.6 is 73.8 Å². The summed E-state index contributed by atoms with van der Waals surface area (Å²) in [4.78, 5) is 13.1. The molecule has 6 unspecified atom stereocenters. The lowest BCUT2D eigenvalue weighted by atomic mass is 9.95. The lowest BCUT2D eigenvalue weighted by Gasteiger charge is -2.49. The van der Waals surface area contributed by atoms with Crippen LogP contribution in [0.3, 0.4) is 0 Å². The van der Waals surface area contributed by atoms with Crippen LogP contribution in [0.2, 0.25) is 0 Å². The second-order valence-electron chi connectivity index (χ2n) is 11.8. The molecule has 0 aromatic rings. The fraction of sp³-hybridized carbons (Fsp3) is 0.944. The van der Waals surface area contributed by atoms with Crippen molar-refractivity contribution >= 4 is 111 Å². The number of hydrogen-bond donors (Lipinski definition) is 13. The first-order valence-corrected chi connectivity index (χ1v) is 24.9. The summed E-state index contributed by atoms with van der Waals surface area (Å²) < 4.78 is 193. The van der Waals surface area contributed by atoms with E-state index < -0.39 is 155 Å². The first-order chi connectivity index (χ1) is 33.6. The van der Waals surface area contributed by atoms with Crippen molar-refractivity contribution in [3.05, 3.63) is 0 Å². The molecule has 0 amide bonds. The minimum absolute atomic E-state index is 0.0527. The fourth-order valence-corrected chi connectivity index (χ4v) is 9.13. The van der Waals surface area contributed by atoms with Crippen molar-refractivity contribution < 1.29 is 195 Å². The van der Waals surface area contributed by atoms with Crippen LogP contribution in [0.25, 0.3) is 0 Å². The van der Waals surface area contributed by atoms with Crippen LogP contribution in [0.4, 0.5) is 0 Å².